The van der Waals surface area contributed by atoms with Crippen molar-refractivity contribution in [1.29, 1.82) is 0 Å². The van der Waals surface area contributed by atoms with Crippen LogP contribution < -0.4 is 4.31 Å². The molecule has 2 aromatic carbocycles. The van der Waals surface area contributed by atoms with Gasteiger partial charge in [-0.2, -0.15) is 0 Å². The quantitative estimate of drug-likeness (QED) is 0.846. The molecule has 0 amide bonds. The van der Waals surface area contributed by atoms with E-state index >= 15 is 0 Å². The number of benzene rings is 2. The molecule has 132 valence electrons. The molecule has 1 unspecified atom stereocenters. The normalized spacial score (nSPS) is 22.8. The van der Waals surface area contributed by atoms with Gasteiger partial charge < -0.3 is 4.74 Å². The number of nitrogens with zero attached hydrogens (tertiary/aromatic N) is 2. The van der Waals surface area contributed by atoms with Crippen LogP contribution in [0.5, 0.6) is 0 Å². The van der Waals surface area contributed by atoms with Crippen LogP contribution in [0.25, 0.3) is 0 Å². The van der Waals surface area contributed by atoms with Gasteiger partial charge in [0.1, 0.15) is 0 Å². The number of hydrogen-bond acceptors (Lipinski definition) is 4. The van der Waals surface area contributed by atoms with Crippen LogP contribution in [-0.2, 0) is 27.1 Å². The van der Waals surface area contributed by atoms with Gasteiger partial charge in [-0.25, -0.2) is 8.42 Å². The number of sulfonamides is 1. The lowest BCUT2D eigenvalue weighted by atomic mass is 10.0. The van der Waals surface area contributed by atoms with Crippen molar-refractivity contribution in [3.05, 3.63) is 65.2 Å². The van der Waals surface area contributed by atoms with Crippen LogP contribution in [0.2, 0.25) is 0 Å². The van der Waals surface area contributed by atoms with Crippen molar-refractivity contribution < 1.29 is 13.2 Å². The van der Waals surface area contributed by atoms with Gasteiger partial charge in [0.15, 0.2) is 0 Å². The minimum absolute atomic E-state index is 0.0172. The van der Waals surface area contributed by atoms with E-state index in [2.05, 4.69) is 29.2 Å². The molecule has 1 saturated heterocycles. The molecular formula is C19H22N2O3S. The van der Waals surface area contributed by atoms with Crippen molar-refractivity contribution >= 4 is 15.7 Å². The van der Waals surface area contributed by atoms with Gasteiger partial charge in [0.25, 0.3) is 0 Å². The minimum Gasteiger partial charge on any atom is -0.371 e. The molecule has 0 radical (unpaired) electrons. The van der Waals surface area contributed by atoms with Crippen molar-refractivity contribution in [2.24, 2.45) is 0 Å². The van der Waals surface area contributed by atoms with Crippen molar-refractivity contribution in [3.63, 3.8) is 0 Å². The highest BCUT2D eigenvalue weighted by molar-refractivity contribution is 7.92. The van der Waals surface area contributed by atoms with Gasteiger partial charge in [-0.1, -0.05) is 36.4 Å². The van der Waals surface area contributed by atoms with E-state index in [0.29, 0.717) is 6.61 Å². The lowest BCUT2D eigenvalue weighted by Gasteiger charge is -2.33. The Bertz CT molecular complexity index is 867. The van der Waals surface area contributed by atoms with Crippen LogP contribution >= 0.6 is 0 Å². The van der Waals surface area contributed by atoms with Crippen LogP contribution in [0.3, 0.4) is 0 Å². The molecule has 25 heavy (non-hydrogen) atoms. The second kappa shape index (κ2) is 6.44. The second-order valence-electron chi connectivity index (χ2n) is 6.69. The SMILES string of the molecule is CN1c2ccc(C3CN(Cc4ccccc4)CCO3)cc2CS1(=O)=O. The van der Waals surface area contributed by atoms with Gasteiger partial charge in [-0.15, -0.1) is 0 Å². The van der Waals surface area contributed by atoms with Gasteiger partial charge in [-0.05, 0) is 28.8 Å². The van der Waals surface area contributed by atoms with E-state index in [1.165, 1.54) is 9.87 Å². The molecule has 1 fully saturated rings. The van der Waals surface area contributed by atoms with E-state index in [0.717, 1.165) is 36.4 Å². The lowest BCUT2D eigenvalue weighted by molar-refractivity contribution is -0.0329. The fraction of sp³-hybridized carbons (Fsp3) is 0.368. The Morgan fingerprint density at radius 1 is 1.16 bits per heavy atom. The Morgan fingerprint density at radius 2 is 1.96 bits per heavy atom. The topological polar surface area (TPSA) is 49.9 Å². The maximum atomic E-state index is 12.0. The monoisotopic (exact) mass is 358 g/mol. The van der Waals surface area contributed by atoms with Crippen molar-refractivity contribution in [3.8, 4) is 0 Å². The van der Waals surface area contributed by atoms with Crippen molar-refractivity contribution in [2.45, 2.75) is 18.4 Å². The summed E-state index contributed by atoms with van der Waals surface area (Å²) in [5.41, 5.74) is 4.00. The summed E-state index contributed by atoms with van der Waals surface area (Å²) in [5, 5.41) is 0. The average Bonchev–Trinajstić information content (AvgIpc) is 2.84. The van der Waals surface area contributed by atoms with Gasteiger partial charge in [-0.3, -0.25) is 9.21 Å². The van der Waals surface area contributed by atoms with Crippen LogP contribution in [0.4, 0.5) is 5.69 Å². The Balaban J connectivity index is 1.51. The molecular weight excluding hydrogens is 336 g/mol. The van der Waals surface area contributed by atoms with Crippen LogP contribution in [0, 0.1) is 0 Å². The molecule has 0 N–H and O–H groups in total. The first-order valence-electron chi connectivity index (χ1n) is 8.50. The van der Waals surface area contributed by atoms with Crippen molar-refractivity contribution in [1.82, 2.24) is 4.90 Å². The van der Waals surface area contributed by atoms with Crippen LogP contribution in [0.1, 0.15) is 22.8 Å². The van der Waals surface area contributed by atoms with Crippen LogP contribution in [-0.4, -0.2) is 40.1 Å². The summed E-state index contributed by atoms with van der Waals surface area (Å²) in [7, 11) is -1.59. The highest BCUT2D eigenvalue weighted by atomic mass is 32.2. The summed E-state index contributed by atoms with van der Waals surface area (Å²) >= 11 is 0. The summed E-state index contributed by atoms with van der Waals surface area (Å²) in [6.07, 6.45) is -0.0172. The summed E-state index contributed by atoms with van der Waals surface area (Å²) in [5.74, 6) is 0.0765. The number of fused-ring (bicyclic) bond motifs is 1. The molecule has 0 spiro atoms. The van der Waals surface area contributed by atoms with E-state index in [1.807, 2.05) is 24.3 Å². The molecule has 4 rings (SSSR count). The molecule has 2 aliphatic rings. The van der Waals surface area contributed by atoms with E-state index < -0.39 is 10.0 Å². The fourth-order valence-corrected chi connectivity index (χ4v) is 4.86. The molecule has 2 aliphatic heterocycles. The molecule has 5 nitrogen and oxygen atoms in total. The summed E-state index contributed by atoms with van der Waals surface area (Å²) in [6.45, 7) is 3.32. The number of rotatable bonds is 3. The molecule has 2 heterocycles. The number of anilines is 1. The number of hydrogen-bond donors (Lipinski definition) is 0. The third kappa shape index (κ3) is 3.29. The molecule has 0 bridgehead atoms. The highest BCUT2D eigenvalue weighted by Crippen LogP contribution is 2.35. The van der Waals surface area contributed by atoms with E-state index in [4.69, 9.17) is 4.74 Å². The Labute approximate surface area is 148 Å². The van der Waals surface area contributed by atoms with Gasteiger partial charge in [0, 0.05) is 26.7 Å². The Kier molecular flexibility index (Phi) is 4.27. The molecule has 1 atom stereocenters. The Hall–Kier alpha value is -1.89. The third-order valence-corrected chi connectivity index (χ3v) is 6.68. The first-order chi connectivity index (χ1) is 12.0. The van der Waals surface area contributed by atoms with E-state index in [9.17, 15) is 8.42 Å². The second-order valence-corrected chi connectivity index (χ2v) is 8.69. The van der Waals surface area contributed by atoms with Crippen LogP contribution in [0.15, 0.2) is 48.5 Å². The zero-order valence-electron chi connectivity index (χ0n) is 14.3. The van der Waals surface area contributed by atoms with Crippen molar-refractivity contribution in [2.75, 3.05) is 31.0 Å². The lowest BCUT2D eigenvalue weighted by Crippen LogP contribution is -2.37. The zero-order valence-corrected chi connectivity index (χ0v) is 15.1. The summed E-state index contributed by atoms with van der Waals surface area (Å²) in [4.78, 5) is 2.39. The largest absolute Gasteiger partial charge is 0.371 e. The first kappa shape index (κ1) is 16.6. The third-order valence-electron chi connectivity index (χ3n) is 4.97. The molecule has 0 saturated carbocycles. The zero-order chi connectivity index (χ0) is 17.4. The Morgan fingerprint density at radius 3 is 2.76 bits per heavy atom. The fourth-order valence-electron chi connectivity index (χ4n) is 3.56. The molecule has 6 heteroatoms. The van der Waals surface area contributed by atoms with Gasteiger partial charge >= 0.3 is 0 Å². The summed E-state index contributed by atoms with van der Waals surface area (Å²) in [6, 6.07) is 16.3. The number of ether oxygens (including phenoxy) is 1. The standard InChI is InChI=1S/C19H22N2O3S/c1-20-18-8-7-16(11-17(18)14-25(20,22)23)19-13-21(9-10-24-19)12-15-5-3-2-4-6-15/h2-8,11,19H,9-10,12-14H2,1H3. The maximum Gasteiger partial charge on any atom is 0.239 e. The molecule has 0 aromatic heterocycles. The predicted octanol–water partition coefficient (Wildman–Crippen LogP) is 2.54. The first-order valence-corrected chi connectivity index (χ1v) is 10.1. The highest BCUT2D eigenvalue weighted by Gasteiger charge is 2.31. The predicted molar refractivity (Wildman–Crippen MR) is 97.9 cm³/mol. The van der Waals surface area contributed by atoms with Gasteiger partial charge in [0.05, 0.1) is 24.2 Å². The van der Waals surface area contributed by atoms with E-state index in [1.54, 1.807) is 7.05 Å². The minimum atomic E-state index is -3.20. The summed E-state index contributed by atoms with van der Waals surface area (Å²) < 4.78 is 31.4. The number of morpholine rings is 1. The van der Waals surface area contributed by atoms with E-state index in [-0.39, 0.29) is 11.9 Å². The molecule has 2 aromatic rings. The van der Waals surface area contributed by atoms with Gasteiger partial charge in [0.2, 0.25) is 10.0 Å². The maximum absolute atomic E-state index is 12.0. The average molecular weight is 358 g/mol. The smallest absolute Gasteiger partial charge is 0.239 e. The molecule has 0 aliphatic carbocycles.